The third-order valence-corrected chi connectivity index (χ3v) is 3.91. The van der Waals surface area contributed by atoms with Crippen LogP contribution in [-0.2, 0) is 4.79 Å². The summed E-state index contributed by atoms with van der Waals surface area (Å²) in [5, 5.41) is 11.3. The van der Waals surface area contributed by atoms with E-state index in [-0.39, 0.29) is 18.2 Å². The molecule has 0 spiro atoms. The molecule has 1 aliphatic heterocycles. The number of carboxylic acid groups (broad SMARTS) is 1. The Hall–Kier alpha value is -2.51. The fraction of sp³-hybridized carbons (Fsp3) is 0.500. The highest BCUT2D eigenvalue weighted by Gasteiger charge is 2.21. The van der Waals surface area contributed by atoms with Crippen LogP contribution >= 0.6 is 0 Å². The van der Waals surface area contributed by atoms with E-state index in [2.05, 4.69) is 10.2 Å². The van der Waals surface area contributed by atoms with Crippen LogP contribution in [0, 0.1) is 5.82 Å². The van der Waals surface area contributed by atoms with Crippen molar-refractivity contribution >= 4 is 17.7 Å². The van der Waals surface area contributed by atoms with Gasteiger partial charge < -0.3 is 25.0 Å². The van der Waals surface area contributed by atoms with E-state index in [1.54, 1.807) is 17.0 Å². The monoisotopic (exact) mass is 339 g/mol. The van der Waals surface area contributed by atoms with Gasteiger partial charge in [-0.3, -0.25) is 4.79 Å². The summed E-state index contributed by atoms with van der Waals surface area (Å²) in [6.07, 6.45) is 0.455. The average molecular weight is 339 g/mol. The Morgan fingerprint density at radius 1 is 1.29 bits per heavy atom. The molecule has 2 N–H and O–H groups in total. The van der Waals surface area contributed by atoms with Gasteiger partial charge in [-0.2, -0.15) is 0 Å². The van der Waals surface area contributed by atoms with Gasteiger partial charge in [-0.05, 0) is 18.6 Å². The second-order valence-electron chi connectivity index (χ2n) is 5.52. The van der Waals surface area contributed by atoms with Crippen LogP contribution in [-0.4, -0.2) is 61.8 Å². The minimum Gasteiger partial charge on any atom is -0.494 e. The number of benzene rings is 1. The standard InChI is InChI=1S/C16H22FN3O4/c1-24-14-11-12(4-5-13(14)17)19-7-9-20(10-8-19)16(23)18-6-2-3-15(21)22/h4-5,11H,2-3,6-10H2,1H3,(H,18,23)(H,21,22). The molecule has 1 aromatic carbocycles. The van der Waals surface area contributed by atoms with Crippen molar-refractivity contribution < 1.29 is 23.8 Å². The van der Waals surface area contributed by atoms with Gasteiger partial charge in [0, 0.05) is 50.9 Å². The third-order valence-electron chi connectivity index (χ3n) is 3.91. The maximum absolute atomic E-state index is 13.5. The number of nitrogens with one attached hydrogen (secondary N) is 1. The van der Waals surface area contributed by atoms with Crippen molar-refractivity contribution in [2.24, 2.45) is 0 Å². The lowest BCUT2D eigenvalue weighted by Crippen LogP contribution is -2.52. The molecule has 0 aliphatic carbocycles. The first-order valence-electron chi connectivity index (χ1n) is 7.84. The molecule has 1 fully saturated rings. The van der Waals surface area contributed by atoms with Crippen molar-refractivity contribution in [3.63, 3.8) is 0 Å². The molecule has 0 radical (unpaired) electrons. The van der Waals surface area contributed by atoms with Gasteiger partial charge in [-0.1, -0.05) is 0 Å². The lowest BCUT2D eigenvalue weighted by molar-refractivity contribution is -0.137. The maximum Gasteiger partial charge on any atom is 0.317 e. The quantitative estimate of drug-likeness (QED) is 0.768. The van der Waals surface area contributed by atoms with E-state index in [1.165, 1.54) is 13.2 Å². The number of rotatable bonds is 6. The van der Waals surface area contributed by atoms with Crippen LogP contribution in [0.2, 0.25) is 0 Å². The number of carbonyl (C=O) groups excluding carboxylic acids is 1. The van der Waals surface area contributed by atoms with Crippen molar-refractivity contribution in [1.29, 1.82) is 0 Å². The second-order valence-corrected chi connectivity index (χ2v) is 5.52. The Morgan fingerprint density at radius 3 is 2.62 bits per heavy atom. The summed E-state index contributed by atoms with van der Waals surface area (Å²) < 4.78 is 18.5. The minimum atomic E-state index is -0.868. The topological polar surface area (TPSA) is 82.1 Å². The number of hydrogen-bond donors (Lipinski definition) is 2. The second kappa shape index (κ2) is 8.37. The average Bonchev–Trinajstić information content (AvgIpc) is 2.59. The zero-order valence-electron chi connectivity index (χ0n) is 13.6. The first-order valence-corrected chi connectivity index (χ1v) is 7.84. The number of urea groups is 1. The number of piperazine rings is 1. The van der Waals surface area contributed by atoms with Gasteiger partial charge in [0.2, 0.25) is 0 Å². The Morgan fingerprint density at radius 2 is 2.00 bits per heavy atom. The summed E-state index contributed by atoms with van der Waals surface area (Å²) >= 11 is 0. The Balaban J connectivity index is 1.80. The molecule has 0 bridgehead atoms. The summed E-state index contributed by atoms with van der Waals surface area (Å²) in [6, 6.07) is 4.53. The van der Waals surface area contributed by atoms with Crippen LogP contribution in [0.3, 0.4) is 0 Å². The number of amides is 2. The molecule has 2 rings (SSSR count). The molecule has 2 amide bonds. The summed E-state index contributed by atoms with van der Waals surface area (Å²) in [7, 11) is 1.43. The first-order chi connectivity index (χ1) is 11.5. The number of carbonyl (C=O) groups is 2. The fourth-order valence-corrected chi connectivity index (χ4v) is 2.56. The SMILES string of the molecule is COc1cc(N2CCN(C(=O)NCCCC(=O)O)CC2)ccc1F. The Kier molecular flexibility index (Phi) is 6.22. The molecule has 1 aliphatic rings. The number of anilines is 1. The number of carboxylic acids is 1. The lowest BCUT2D eigenvalue weighted by Gasteiger charge is -2.36. The molecule has 0 saturated carbocycles. The molecule has 7 nitrogen and oxygen atoms in total. The molecular weight excluding hydrogens is 317 g/mol. The molecule has 0 aromatic heterocycles. The van der Waals surface area contributed by atoms with Gasteiger partial charge in [0.15, 0.2) is 11.6 Å². The van der Waals surface area contributed by atoms with Gasteiger partial charge in [-0.15, -0.1) is 0 Å². The number of methoxy groups -OCH3 is 1. The zero-order valence-corrected chi connectivity index (χ0v) is 13.6. The Labute approximate surface area is 140 Å². The van der Waals surface area contributed by atoms with Gasteiger partial charge >= 0.3 is 12.0 Å². The highest BCUT2D eigenvalue weighted by Crippen LogP contribution is 2.25. The maximum atomic E-state index is 13.5. The van der Waals surface area contributed by atoms with Gasteiger partial charge in [0.25, 0.3) is 0 Å². The molecule has 24 heavy (non-hydrogen) atoms. The molecule has 8 heteroatoms. The molecule has 1 aromatic rings. The van der Waals surface area contributed by atoms with Crippen LogP contribution in [0.5, 0.6) is 5.75 Å². The van der Waals surface area contributed by atoms with Gasteiger partial charge in [-0.25, -0.2) is 9.18 Å². The third kappa shape index (κ3) is 4.74. The summed E-state index contributed by atoms with van der Waals surface area (Å²) in [5.41, 5.74) is 0.856. The van der Waals surface area contributed by atoms with Crippen molar-refractivity contribution in [2.75, 3.05) is 44.7 Å². The predicted octanol–water partition coefficient (Wildman–Crippen LogP) is 1.53. The van der Waals surface area contributed by atoms with Crippen molar-refractivity contribution in [2.45, 2.75) is 12.8 Å². The Bertz CT molecular complexity index is 589. The lowest BCUT2D eigenvalue weighted by atomic mass is 10.2. The normalized spacial score (nSPS) is 14.4. The van der Waals surface area contributed by atoms with E-state index >= 15 is 0 Å². The molecule has 0 unspecified atom stereocenters. The number of ether oxygens (including phenoxy) is 1. The van der Waals surface area contributed by atoms with Crippen LogP contribution in [0.1, 0.15) is 12.8 Å². The molecule has 1 heterocycles. The van der Waals surface area contributed by atoms with E-state index in [1.807, 2.05) is 0 Å². The highest BCUT2D eigenvalue weighted by molar-refractivity contribution is 5.74. The van der Waals surface area contributed by atoms with Crippen LogP contribution in [0.4, 0.5) is 14.9 Å². The van der Waals surface area contributed by atoms with E-state index < -0.39 is 11.8 Å². The molecule has 132 valence electrons. The van der Waals surface area contributed by atoms with E-state index in [4.69, 9.17) is 9.84 Å². The summed E-state index contributed by atoms with van der Waals surface area (Å²) in [4.78, 5) is 26.2. The van der Waals surface area contributed by atoms with Crippen LogP contribution < -0.4 is 15.0 Å². The summed E-state index contributed by atoms with van der Waals surface area (Å²) in [5.74, 6) is -1.07. The van der Waals surface area contributed by atoms with Crippen LogP contribution in [0.15, 0.2) is 18.2 Å². The van der Waals surface area contributed by atoms with E-state index in [0.29, 0.717) is 39.1 Å². The van der Waals surface area contributed by atoms with Gasteiger partial charge in [0.05, 0.1) is 7.11 Å². The fourth-order valence-electron chi connectivity index (χ4n) is 2.56. The van der Waals surface area contributed by atoms with Crippen molar-refractivity contribution in [3.8, 4) is 5.75 Å². The first kappa shape index (κ1) is 17.8. The number of nitrogens with zero attached hydrogens (tertiary/aromatic N) is 2. The molecular formula is C16H22FN3O4. The van der Waals surface area contributed by atoms with Crippen LogP contribution in [0.25, 0.3) is 0 Å². The number of hydrogen-bond acceptors (Lipinski definition) is 4. The van der Waals surface area contributed by atoms with Gasteiger partial charge in [0.1, 0.15) is 0 Å². The molecule has 1 saturated heterocycles. The van der Waals surface area contributed by atoms with Crippen molar-refractivity contribution in [1.82, 2.24) is 10.2 Å². The van der Waals surface area contributed by atoms with Crippen molar-refractivity contribution in [3.05, 3.63) is 24.0 Å². The highest BCUT2D eigenvalue weighted by atomic mass is 19.1. The summed E-state index contributed by atoms with van der Waals surface area (Å²) in [6.45, 7) is 2.71. The minimum absolute atomic E-state index is 0.0421. The zero-order chi connectivity index (χ0) is 17.5. The van der Waals surface area contributed by atoms with E-state index in [9.17, 15) is 14.0 Å². The number of halogens is 1. The predicted molar refractivity (Wildman–Crippen MR) is 87.0 cm³/mol. The van der Waals surface area contributed by atoms with E-state index in [0.717, 1.165) is 5.69 Å². The molecule has 0 atom stereocenters. The number of aliphatic carboxylic acids is 1. The largest absolute Gasteiger partial charge is 0.494 e. The smallest absolute Gasteiger partial charge is 0.317 e.